The predicted molar refractivity (Wildman–Crippen MR) is 98.3 cm³/mol. The van der Waals surface area contributed by atoms with Gasteiger partial charge in [0.25, 0.3) is 15.9 Å². The number of nitrogens with zero attached hydrogens (tertiary/aromatic N) is 1. The number of amides is 1. The topological polar surface area (TPSA) is 102 Å². The van der Waals surface area contributed by atoms with Crippen molar-refractivity contribution in [2.24, 2.45) is 0 Å². The Morgan fingerprint density at radius 3 is 2.29 bits per heavy atom. The minimum atomic E-state index is -3.85. The molecule has 2 rings (SSSR count). The molecule has 0 radical (unpaired) electrons. The SMILES string of the molecule is CON(C)S(=O)(=O)c1ccc(C(=O)O[C@@H](C)C(=O)Nc2ccccc2F)cc1. The minimum absolute atomic E-state index is 0.0350. The first-order valence-electron chi connectivity index (χ1n) is 8.06. The Bertz CT molecular complexity index is 962. The molecule has 2 aromatic carbocycles. The van der Waals surface area contributed by atoms with E-state index in [0.717, 1.165) is 0 Å². The van der Waals surface area contributed by atoms with E-state index < -0.39 is 33.8 Å². The van der Waals surface area contributed by atoms with Crippen molar-refractivity contribution in [3.63, 3.8) is 0 Å². The lowest BCUT2D eigenvalue weighted by molar-refractivity contribution is -0.123. The van der Waals surface area contributed by atoms with E-state index in [-0.39, 0.29) is 16.1 Å². The van der Waals surface area contributed by atoms with Crippen molar-refractivity contribution in [2.45, 2.75) is 17.9 Å². The maximum absolute atomic E-state index is 13.6. The molecule has 0 bridgehead atoms. The third-order valence-electron chi connectivity index (χ3n) is 3.77. The van der Waals surface area contributed by atoms with Crippen molar-refractivity contribution in [1.29, 1.82) is 0 Å². The van der Waals surface area contributed by atoms with E-state index >= 15 is 0 Å². The number of ether oxygens (including phenoxy) is 1. The quantitative estimate of drug-likeness (QED) is 0.555. The number of rotatable bonds is 7. The number of benzene rings is 2. The van der Waals surface area contributed by atoms with Gasteiger partial charge in [0.2, 0.25) is 0 Å². The van der Waals surface area contributed by atoms with E-state index in [1.54, 1.807) is 6.07 Å². The third kappa shape index (κ3) is 4.91. The van der Waals surface area contributed by atoms with Gasteiger partial charge in [-0.1, -0.05) is 16.6 Å². The number of para-hydroxylation sites is 1. The third-order valence-corrected chi connectivity index (χ3v) is 5.46. The van der Waals surface area contributed by atoms with Gasteiger partial charge in [-0.3, -0.25) is 9.63 Å². The Kier molecular flexibility index (Phi) is 6.84. The zero-order valence-corrected chi connectivity index (χ0v) is 16.2. The normalized spacial score (nSPS) is 12.5. The van der Waals surface area contributed by atoms with Crippen LogP contribution in [0.15, 0.2) is 53.4 Å². The molecule has 0 fully saturated rings. The summed E-state index contributed by atoms with van der Waals surface area (Å²) in [5.74, 6) is -2.16. The first-order chi connectivity index (χ1) is 13.2. The first kappa shape index (κ1) is 21.5. The lowest BCUT2D eigenvalue weighted by atomic mass is 10.2. The maximum atomic E-state index is 13.6. The molecule has 1 atom stereocenters. The van der Waals surface area contributed by atoms with E-state index in [0.29, 0.717) is 4.47 Å². The van der Waals surface area contributed by atoms with Gasteiger partial charge in [0.05, 0.1) is 23.3 Å². The monoisotopic (exact) mass is 410 g/mol. The minimum Gasteiger partial charge on any atom is -0.449 e. The molecule has 0 saturated carbocycles. The van der Waals surface area contributed by atoms with Crippen molar-refractivity contribution in [3.8, 4) is 0 Å². The highest BCUT2D eigenvalue weighted by Crippen LogP contribution is 2.17. The van der Waals surface area contributed by atoms with Crippen LogP contribution < -0.4 is 5.32 Å². The molecule has 1 N–H and O–H groups in total. The summed E-state index contributed by atoms with van der Waals surface area (Å²) in [5.41, 5.74) is 0.0109. The van der Waals surface area contributed by atoms with Gasteiger partial charge in [0.1, 0.15) is 5.82 Å². The summed E-state index contributed by atoms with van der Waals surface area (Å²) in [7, 11) is -1.41. The fraction of sp³-hybridized carbons (Fsp3) is 0.222. The molecule has 0 saturated heterocycles. The van der Waals surface area contributed by atoms with Crippen LogP contribution in [0.4, 0.5) is 10.1 Å². The van der Waals surface area contributed by atoms with Crippen LogP contribution in [0.2, 0.25) is 0 Å². The molecule has 0 heterocycles. The molecule has 28 heavy (non-hydrogen) atoms. The van der Waals surface area contributed by atoms with E-state index in [9.17, 15) is 22.4 Å². The Hall–Kier alpha value is -2.82. The first-order valence-corrected chi connectivity index (χ1v) is 9.50. The maximum Gasteiger partial charge on any atom is 0.338 e. The van der Waals surface area contributed by atoms with Crippen molar-refractivity contribution >= 4 is 27.6 Å². The van der Waals surface area contributed by atoms with Gasteiger partial charge in [-0.05, 0) is 43.3 Å². The van der Waals surface area contributed by atoms with Gasteiger partial charge in [-0.25, -0.2) is 17.6 Å². The molecule has 10 heteroatoms. The average molecular weight is 410 g/mol. The predicted octanol–water partition coefficient (Wildman–Crippen LogP) is 2.19. The second kappa shape index (κ2) is 8.91. The summed E-state index contributed by atoms with van der Waals surface area (Å²) in [6.45, 7) is 1.33. The summed E-state index contributed by atoms with van der Waals surface area (Å²) in [6.07, 6.45) is -1.20. The van der Waals surface area contributed by atoms with Crippen molar-refractivity contribution in [2.75, 3.05) is 19.5 Å². The van der Waals surface area contributed by atoms with Crippen LogP contribution in [0.1, 0.15) is 17.3 Å². The number of sulfonamides is 1. The zero-order chi connectivity index (χ0) is 20.9. The molecule has 0 aliphatic carbocycles. The highest BCUT2D eigenvalue weighted by molar-refractivity contribution is 7.89. The number of hydrogen-bond donors (Lipinski definition) is 1. The van der Waals surface area contributed by atoms with Gasteiger partial charge >= 0.3 is 5.97 Å². The number of carbonyl (C=O) groups excluding carboxylic acids is 2. The number of hydroxylamine groups is 1. The van der Waals surface area contributed by atoms with Crippen molar-refractivity contribution < 1.29 is 32.0 Å². The summed E-state index contributed by atoms with van der Waals surface area (Å²) >= 11 is 0. The molecule has 1 amide bonds. The van der Waals surface area contributed by atoms with Crippen LogP contribution in [-0.2, 0) is 24.4 Å². The Morgan fingerprint density at radius 1 is 1.11 bits per heavy atom. The van der Waals surface area contributed by atoms with Gasteiger partial charge in [0, 0.05) is 7.05 Å². The number of esters is 1. The Morgan fingerprint density at radius 2 is 1.71 bits per heavy atom. The van der Waals surface area contributed by atoms with Gasteiger partial charge in [0.15, 0.2) is 6.10 Å². The van der Waals surface area contributed by atoms with Crippen LogP contribution in [-0.4, -0.2) is 45.0 Å². The summed E-state index contributed by atoms with van der Waals surface area (Å²) in [5, 5.41) is 2.32. The second-order valence-corrected chi connectivity index (χ2v) is 7.57. The van der Waals surface area contributed by atoms with Gasteiger partial charge in [-0.2, -0.15) is 0 Å². The molecule has 2 aromatic rings. The second-order valence-electron chi connectivity index (χ2n) is 5.64. The highest BCUT2D eigenvalue weighted by atomic mass is 32.2. The molecule has 0 aromatic heterocycles. The van der Waals surface area contributed by atoms with Gasteiger partial charge < -0.3 is 10.1 Å². The number of hydrogen-bond acceptors (Lipinski definition) is 6. The number of nitrogens with one attached hydrogen (secondary N) is 1. The Balaban J connectivity index is 2.04. The fourth-order valence-electron chi connectivity index (χ4n) is 2.09. The van der Waals surface area contributed by atoms with Crippen molar-refractivity contribution in [3.05, 3.63) is 59.9 Å². The van der Waals surface area contributed by atoms with E-state index in [2.05, 4.69) is 10.2 Å². The fourth-order valence-corrected chi connectivity index (χ4v) is 3.06. The zero-order valence-electron chi connectivity index (χ0n) is 15.4. The number of halogens is 1. The average Bonchev–Trinajstić information content (AvgIpc) is 2.68. The summed E-state index contributed by atoms with van der Waals surface area (Å²) < 4.78 is 43.5. The molecular formula is C18H19FN2O6S. The van der Waals surface area contributed by atoms with Crippen LogP contribution in [0, 0.1) is 5.82 Å². The van der Waals surface area contributed by atoms with E-state index in [1.165, 1.54) is 63.5 Å². The molecule has 0 aliphatic rings. The van der Waals surface area contributed by atoms with E-state index in [4.69, 9.17) is 4.74 Å². The lowest BCUT2D eigenvalue weighted by Gasteiger charge is -2.15. The van der Waals surface area contributed by atoms with E-state index in [1.807, 2.05) is 0 Å². The smallest absolute Gasteiger partial charge is 0.338 e. The molecule has 0 unspecified atom stereocenters. The summed E-state index contributed by atoms with van der Waals surface area (Å²) in [4.78, 5) is 28.8. The number of anilines is 1. The van der Waals surface area contributed by atoms with Crippen LogP contribution in [0.5, 0.6) is 0 Å². The van der Waals surface area contributed by atoms with Crippen LogP contribution in [0.25, 0.3) is 0 Å². The standard InChI is InChI=1S/C18H19FN2O6S/c1-12(17(22)20-16-7-5-4-6-15(16)19)27-18(23)13-8-10-14(11-9-13)28(24,25)21(2)26-3/h4-12H,1-3H3,(H,20,22)/t12-/m0/s1. The van der Waals surface area contributed by atoms with Crippen LogP contribution in [0.3, 0.4) is 0 Å². The lowest BCUT2D eigenvalue weighted by Crippen LogP contribution is -2.30. The number of carbonyl (C=O) groups is 2. The highest BCUT2D eigenvalue weighted by Gasteiger charge is 2.23. The van der Waals surface area contributed by atoms with Crippen LogP contribution >= 0.6 is 0 Å². The molecule has 8 nitrogen and oxygen atoms in total. The molecule has 150 valence electrons. The Labute approximate surface area is 161 Å². The summed E-state index contributed by atoms with van der Waals surface area (Å²) in [6, 6.07) is 10.5. The largest absolute Gasteiger partial charge is 0.449 e. The molecule has 0 spiro atoms. The molecule has 0 aliphatic heterocycles. The molecular weight excluding hydrogens is 391 g/mol. The van der Waals surface area contributed by atoms with Gasteiger partial charge in [-0.15, -0.1) is 0 Å². The van der Waals surface area contributed by atoms with Crippen molar-refractivity contribution in [1.82, 2.24) is 4.47 Å².